The maximum Gasteiger partial charge on any atom is 0.309 e. The summed E-state index contributed by atoms with van der Waals surface area (Å²) in [6, 6.07) is 4.87. The Hall–Kier alpha value is -2.00. The molecule has 0 bridgehead atoms. The first-order valence-corrected chi connectivity index (χ1v) is 9.29. The Morgan fingerprint density at radius 3 is 2.62 bits per heavy atom. The number of nitro benzene ring substituents is 1. The molecule has 0 aromatic heterocycles. The number of benzene rings is 1. The Morgan fingerprint density at radius 1 is 1.25 bits per heavy atom. The number of carbonyl (C=O) groups excluding carboxylic acids is 1. The van der Waals surface area contributed by atoms with Crippen LogP contribution in [-0.2, 0) is 19.6 Å². The van der Waals surface area contributed by atoms with Gasteiger partial charge in [0.15, 0.2) is 4.90 Å². The molecule has 0 amide bonds. The zero-order valence-corrected chi connectivity index (χ0v) is 13.5. The third kappa shape index (κ3) is 2.48. The molecule has 3 aliphatic rings. The van der Waals surface area contributed by atoms with Gasteiger partial charge >= 0.3 is 5.97 Å². The number of hydrogen-bond acceptors (Lipinski definition) is 6. The van der Waals surface area contributed by atoms with Crippen LogP contribution in [0, 0.1) is 22.0 Å². The van der Waals surface area contributed by atoms with Crippen LogP contribution in [0.4, 0.5) is 5.69 Å². The van der Waals surface area contributed by atoms with Gasteiger partial charge in [0.25, 0.3) is 5.69 Å². The second-order valence-corrected chi connectivity index (χ2v) is 8.38. The van der Waals surface area contributed by atoms with Crippen LogP contribution < -0.4 is 0 Å². The van der Waals surface area contributed by atoms with Crippen LogP contribution >= 0.6 is 0 Å². The maximum atomic E-state index is 12.7. The molecule has 2 saturated heterocycles. The van der Waals surface area contributed by atoms with Crippen molar-refractivity contribution in [1.29, 1.82) is 0 Å². The zero-order chi connectivity index (χ0) is 17.1. The number of hydrogen-bond donors (Lipinski definition) is 0. The van der Waals surface area contributed by atoms with Crippen LogP contribution in [0.2, 0.25) is 0 Å². The molecule has 2 heterocycles. The van der Waals surface area contributed by atoms with Crippen LogP contribution in [0.3, 0.4) is 0 Å². The first-order valence-electron chi connectivity index (χ1n) is 7.85. The fraction of sp³-hybridized carbons (Fsp3) is 0.533. The van der Waals surface area contributed by atoms with E-state index in [4.69, 9.17) is 4.74 Å². The lowest BCUT2D eigenvalue weighted by atomic mass is 9.98. The highest BCUT2D eigenvalue weighted by Crippen LogP contribution is 2.46. The van der Waals surface area contributed by atoms with Gasteiger partial charge in [-0.2, -0.15) is 4.31 Å². The van der Waals surface area contributed by atoms with E-state index in [0.717, 1.165) is 12.8 Å². The number of rotatable bonds is 5. The van der Waals surface area contributed by atoms with Crippen LogP contribution in [0.5, 0.6) is 0 Å². The summed E-state index contributed by atoms with van der Waals surface area (Å²) in [6.45, 7) is 0.226. The normalized spacial score (nSPS) is 32.4. The average Bonchev–Trinajstić information content (AvgIpc) is 3.45. The Labute approximate surface area is 138 Å². The van der Waals surface area contributed by atoms with Crippen LogP contribution in [0.15, 0.2) is 29.2 Å². The van der Waals surface area contributed by atoms with Gasteiger partial charge in [-0.1, -0.05) is 12.1 Å². The summed E-state index contributed by atoms with van der Waals surface area (Å²) >= 11 is 0. The topological polar surface area (TPSA) is 107 Å². The van der Waals surface area contributed by atoms with Gasteiger partial charge in [-0.3, -0.25) is 14.9 Å². The quantitative estimate of drug-likeness (QED) is 0.342. The van der Waals surface area contributed by atoms with E-state index in [0.29, 0.717) is 12.3 Å². The highest BCUT2D eigenvalue weighted by atomic mass is 32.2. The van der Waals surface area contributed by atoms with Crippen molar-refractivity contribution in [1.82, 2.24) is 4.31 Å². The SMILES string of the molecule is O=C1O[C@H](C2C[N@]2S(=O)(=O)c2ccccc2[N+](=O)[O-])C[C@H]1C1CC1. The second kappa shape index (κ2) is 5.25. The Kier molecular flexibility index (Phi) is 3.40. The molecule has 0 spiro atoms. The van der Waals surface area contributed by atoms with E-state index in [1.807, 2.05) is 0 Å². The number of nitro groups is 1. The molecule has 9 heteroatoms. The number of nitrogens with zero attached hydrogens (tertiary/aromatic N) is 2. The fourth-order valence-corrected chi connectivity index (χ4v) is 5.17. The first-order chi connectivity index (χ1) is 11.4. The maximum absolute atomic E-state index is 12.7. The Morgan fingerprint density at radius 2 is 1.96 bits per heavy atom. The van der Waals surface area contributed by atoms with Crippen molar-refractivity contribution in [2.45, 2.75) is 36.3 Å². The summed E-state index contributed by atoms with van der Waals surface area (Å²) < 4.78 is 31.9. The summed E-state index contributed by atoms with van der Waals surface area (Å²) in [5.41, 5.74) is -0.442. The van der Waals surface area contributed by atoms with E-state index < -0.39 is 32.8 Å². The van der Waals surface area contributed by atoms with E-state index in [9.17, 15) is 23.3 Å². The number of esters is 1. The van der Waals surface area contributed by atoms with Crippen LogP contribution in [0.25, 0.3) is 0 Å². The number of cyclic esters (lactones) is 1. The molecule has 2 aliphatic heterocycles. The van der Waals surface area contributed by atoms with Crippen molar-refractivity contribution in [3.8, 4) is 0 Å². The summed E-state index contributed by atoms with van der Waals surface area (Å²) in [5, 5.41) is 11.1. The molecule has 3 fully saturated rings. The van der Waals surface area contributed by atoms with Gasteiger partial charge < -0.3 is 4.74 Å². The van der Waals surface area contributed by atoms with Gasteiger partial charge in [0.2, 0.25) is 10.0 Å². The zero-order valence-electron chi connectivity index (χ0n) is 12.7. The monoisotopic (exact) mass is 352 g/mol. The minimum atomic E-state index is -3.97. The van der Waals surface area contributed by atoms with E-state index in [2.05, 4.69) is 0 Å². The minimum absolute atomic E-state index is 0.119. The molecular formula is C15H16N2O6S. The number of ether oxygens (including phenoxy) is 1. The molecule has 0 N–H and O–H groups in total. The van der Waals surface area contributed by atoms with Gasteiger partial charge in [-0.15, -0.1) is 0 Å². The molecule has 24 heavy (non-hydrogen) atoms. The summed E-state index contributed by atoms with van der Waals surface area (Å²) in [4.78, 5) is 21.9. The van der Waals surface area contributed by atoms with Crippen LogP contribution in [-0.4, -0.2) is 42.3 Å². The molecule has 1 saturated carbocycles. The summed E-state index contributed by atoms with van der Waals surface area (Å²) in [5.74, 6) is 0.0187. The number of sulfonamides is 1. The first kappa shape index (κ1) is 15.5. The van der Waals surface area contributed by atoms with Gasteiger partial charge in [-0.25, -0.2) is 8.42 Å². The lowest BCUT2D eigenvalue weighted by Crippen LogP contribution is -2.23. The highest BCUT2D eigenvalue weighted by molar-refractivity contribution is 7.89. The van der Waals surface area contributed by atoms with Gasteiger partial charge in [0.05, 0.1) is 16.9 Å². The standard InChI is InChI=1S/C15H16N2O6S/c18-15-10(9-5-6-9)7-13(23-15)12-8-16(12)24(21,22)14-4-2-1-3-11(14)17(19)20/h1-4,9-10,12-13H,5-8H2/t10-,12?,13-,16-/m0/s1. The van der Waals surface area contributed by atoms with Crippen LogP contribution in [0.1, 0.15) is 19.3 Å². The van der Waals surface area contributed by atoms with E-state index in [1.165, 1.54) is 28.6 Å². The molecule has 128 valence electrons. The van der Waals surface area contributed by atoms with Crippen molar-refractivity contribution >= 4 is 21.7 Å². The largest absolute Gasteiger partial charge is 0.460 e. The lowest BCUT2D eigenvalue weighted by Gasteiger charge is -2.10. The molecule has 1 aromatic rings. The van der Waals surface area contributed by atoms with Crippen molar-refractivity contribution in [3.05, 3.63) is 34.4 Å². The van der Waals surface area contributed by atoms with Crippen molar-refractivity contribution in [2.24, 2.45) is 11.8 Å². The van der Waals surface area contributed by atoms with E-state index in [1.54, 1.807) is 0 Å². The summed E-state index contributed by atoms with van der Waals surface area (Å²) in [6.07, 6.45) is 2.14. The smallest absolute Gasteiger partial charge is 0.309 e. The summed E-state index contributed by atoms with van der Waals surface area (Å²) in [7, 11) is -3.97. The lowest BCUT2D eigenvalue weighted by molar-refractivity contribution is -0.387. The molecule has 4 rings (SSSR count). The molecular weight excluding hydrogens is 336 g/mol. The predicted molar refractivity (Wildman–Crippen MR) is 81.5 cm³/mol. The molecule has 1 unspecified atom stereocenters. The minimum Gasteiger partial charge on any atom is -0.460 e. The molecule has 8 nitrogen and oxygen atoms in total. The van der Waals surface area contributed by atoms with E-state index in [-0.39, 0.29) is 23.3 Å². The number of carbonyl (C=O) groups is 1. The average molecular weight is 352 g/mol. The third-order valence-corrected chi connectivity index (χ3v) is 6.87. The van der Waals surface area contributed by atoms with E-state index >= 15 is 0 Å². The Balaban J connectivity index is 1.53. The van der Waals surface area contributed by atoms with Crippen molar-refractivity contribution in [3.63, 3.8) is 0 Å². The highest BCUT2D eigenvalue weighted by Gasteiger charge is 2.56. The molecule has 1 aromatic carbocycles. The molecule has 4 atom stereocenters. The molecule has 1 aliphatic carbocycles. The second-order valence-electron chi connectivity index (χ2n) is 6.52. The van der Waals surface area contributed by atoms with Crippen molar-refractivity contribution in [2.75, 3.05) is 6.54 Å². The third-order valence-electron chi connectivity index (χ3n) is 4.93. The van der Waals surface area contributed by atoms with Gasteiger partial charge in [0, 0.05) is 12.6 Å². The van der Waals surface area contributed by atoms with Gasteiger partial charge in [0.1, 0.15) is 6.10 Å². The van der Waals surface area contributed by atoms with Crippen molar-refractivity contribution < 1.29 is 22.9 Å². The number of para-hydroxylation sites is 1. The Bertz CT molecular complexity index is 819. The predicted octanol–water partition coefficient (Wildman–Crippen LogP) is 1.31. The van der Waals surface area contributed by atoms with Gasteiger partial charge in [-0.05, 0) is 31.2 Å². The fourth-order valence-electron chi connectivity index (χ4n) is 3.42. The molecule has 0 radical (unpaired) electrons.